The van der Waals surface area contributed by atoms with Gasteiger partial charge in [-0.3, -0.25) is 0 Å². The Labute approximate surface area is 113 Å². The van der Waals surface area contributed by atoms with Crippen molar-refractivity contribution >= 4 is 34.2 Å². The molecule has 0 bridgehead atoms. The molecule has 0 aromatic heterocycles. The van der Waals surface area contributed by atoms with E-state index in [2.05, 4.69) is 22.6 Å². The molecule has 3 heteroatoms. The van der Waals surface area contributed by atoms with Gasteiger partial charge in [-0.15, -0.1) is 11.6 Å². The first-order valence-corrected chi connectivity index (χ1v) is 6.34. The van der Waals surface area contributed by atoms with Crippen LogP contribution in [0.3, 0.4) is 0 Å². The largest absolute Gasteiger partial charge is 0.207 e. The van der Waals surface area contributed by atoms with E-state index >= 15 is 0 Å². The van der Waals surface area contributed by atoms with Gasteiger partial charge in [0.25, 0.3) is 0 Å². The molecule has 0 spiro atoms. The third-order valence-corrected chi connectivity index (χ3v) is 3.81. The Kier molecular flexibility index (Phi) is 3.82. The summed E-state index contributed by atoms with van der Waals surface area (Å²) in [6, 6.07) is 14.2. The summed E-state index contributed by atoms with van der Waals surface area (Å²) in [5.74, 6) is -0.240. The van der Waals surface area contributed by atoms with E-state index < -0.39 is 0 Å². The van der Waals surface area contributed by atoms with Crippen LogP contribution < -0.4 is 0 Å². The molecule has 0 aliphatic rings. The Hall–Kier alpha value is -0.610. The number of alkyl halides is 1. The minimum Gasteiger partial charge on any atom is -0.207 e. The number of halogens is 3. The second kappa shape index (κ2) is 5.15. The zero-order valence-electron chi connectivity index (χ0n) is 8.33. The minimum atomic E-state index is -0.240. The fourth-order valence-electron chi connectivity index (χ4n) is 1.49. The van der Waals surface area contributed by atoms with Crippen LogP contribution in [-0.4, -0.2) is 0 Å². The lowest BCUT2D eigenvalue weighted by molar-refractivity contribution is 0.627. The Bertz CT molecular complexity index is 482. The van der Waals surface area contributed by atoms with Crippen molar-refractivity contribution in [3.8, 4) is 0 Å². The van der Waals surface area contributed by atoms with Gasteiger partial charge in [0.1, 0.15) is 5.82 Å². The fourth-order valence-corrected chi connectivity index (χ4v) is 2.71. The highest BCUT2D eigenvalue weighted by atomic mass is 127. The van der Waals surface area contributed by atoms with E-state index in [0.29, 0.717) is 0 Å². The molecule has 0 saturated heterocycles. The average molecular weight is 347 g/mol. The first-order chi connectivity index (χ1) is 7.68. The lowest BCUT2D eigenvalue weighted by atomic mass is 10.0. The summed E-state index contributed by atoms with van der Waals surface area (Å²) < 4.78 is 13.9. The van der Waals surface area contributed by atoms with Gasteiger partial charge in [0.2, 0.25) is 0 Å². The van der Waals surface area contributed by atoms with Crippen LogP contribution in [0.2, 0.25) is 0 Å². The molecule has 82 valence electrons. The van der Waals surface area contributed by atoms with Gasteiger partial charge in [-0.05, 0) is 51.9 Å². The predicted molar refractivity (Wildman–Crippen MR) is 73.3 cm³/mol. The molecule has 0 aliphatic carbocycles. The molecular formula is C13H9ClFI. The van der Waals surface area contributed by atoms with Gasteiger partial charge in [0.05, 0.1) is 5.38 Å². The van der Waals surface area contributed by atoms with Crippen molar-refractivity contribution < 1.29 is 4.39 Å². The molecular weight excluding hydrogens is 337 g/mol. The maximum Gasteiger partial charge on any atom is 0.123 e. The minimum absolute atomic E-state index is 0.228. The van der Waals surface area contributed by atoms with Crippen molar-refractivity contribution in [3.05, 3.63) is 69.0 Å². The van der Waals surface area contributed by atoms with Gasteiger partial charge in [-0.25, -0.2) is 4.39 Å². The van der Waals surface area contributed by atoms with Crippen LogP contribution in [0.4, 0.5) is 4.39 Å². The number of benzene rings is 2. The average Bonchev–Trinajstić information content (AvgIpc) is 2.30. The molecule has 2 rings (SSSR count). The molecule has 2 aromatic carbocycles. The first kappa shape index (κ1) is 11.9. The molecule has 0 amide bonds. The lowest BCUT2D eigenvalue weighted by Gasteiger charge is -2.12. The van der Waals surface area contributed by atoms with Crippen molar-refractivity contribution in [2.24, 2.45) is 0 Å². The van der Waals surface area contributed by atoms with E-state index in [1.54, 1.807) is 12.1 Å². The summed E-state index contributed by atoms with van der Waals surface area (Å²) in [4.78, 5) is 0. The number of hydrogen-bond donors (Lipinski definition) is 0. The van der Waals surface area contributed by atoms with Crippen molar-refractivity contribution in [2.75, 3.05) is 0 Å². The third kappa shape index (κ3) is 2.55. The Morgan fingerprint density at radius 3 is 2.25 bits per heavy atom. The van der Waals surface area contributed by atoms with Crippen molar-refractivity contribution in [1.82, 2.24) is 0 Å². The van der Waals surface area contributed by atoms with Crippen LogP contribution in [0.1, 0.15) is 16.5 Å². The predicted octanol–water partition coefficient (Wildman–Crippen LogP) is 4.76. The number of hydrogen-bond acceptors (Lipinski definition) is 0. The maximum absolute atomic E-state index is 12.8. The molecule has 16 heavy (non-hydrogen) atoms. The van der Waals surface area contributed by atoms with E-state index in [4.69, 9.17) is 11.6 Å². The van der Waals surface area contributed by atoms with Crippen LogP contribution in [0, 0.1) is 9.39 Å². The zero-order chi connectivity index (χ0) is 11.5. The monoisotopic (exact) mass is 346 g/mol. The first-order valence-electron chi connectivity index (χ1n) is 4.82. The summed E-state index contributed by atoms with van der Waals surface area (Å²) in [5.41, 5.74) is 1.96. The zero-order valence-corrected chi connectivity index (χ0v) is 11.2. The molecule has 0 nitrogen and oxygen atoms in total. The Morgan fingerprint density at radius 1 is 1.00 bits per heavy atom. The molecule has 0 fully saturated rings. The Morgan fingerprint density at radius 2 is 1.62 bits per heavy atom. The van der Waals surface area contributed by atoms with Crippen LogP contribution in [0.25, 0.3) is 0 Å². The van der Waals surface area contributed by atoms with Gasteiger partial charge < -0.3 is 0 Å². The highest BCUT2D eigenvalue weighted by molar-refractivity contribution is 14.1. The molecule has 1 unspecified atom stereocenters. The molecule has 0 heterocycles. The SMILES string of the molecule is Fc1ccc(C(Cl)c2ccccc2I)cc1. The van der Waals surface area contributed by atoms with Crippen LogP contribution in [0.15, 0.2) is 48.5 Å². The van der Waals surface area contributed by atoms with Crippen molar-refractivity contribution in [3.63, 3.8) is 0 Å². The summed E-state index contributed by atoms with van der Waals surface area (Å²) in [6.07, 6.45) is 0. The van der Waals surface area contributed by atoms with E-state index in [1.807, 2.05) is 24.3 Å². The van der Waals surface area contributed by atoms with Crippen molar-refractivity contribution in [2.45, 2.75) is 5.38 Å². The topological polar surface area (TPSA) is 0 Å². The Balaban J connectivity index is 2.35. The molecule has 0 aliphatic heterocycles. The standard InChI is InChI=1S/C13H9ClFI/c14-13(9-5-7-10(15)8-6-9)11-3-1-2-4-12(11)16/h1-8,13H. The molecule has 0 radical (unpaired) electrons. The quantitative estimate of drug-likeness (QED) is 0.543. The second-order valence-corrected chi connectivity index (χ2v) is 5.03. The summed E-state index contributed by atoms with van der Waals surface area (Å²) in [6.45, 7) is 0. The second-order valence-electron chi connectivity index (χ2n) is 3.44. The molecule has 2 aromatic rings. The van der Waals surface area contributed by atoms with Crippen LogP contribution >= 0.6 is 34.2 Å². The fraction of sp³-hybridized carbons (Fsp3) is 0.0769. The van der Waals surface area contributed by atoms with E-state index in [0.717, 1.165) is 14.7 Å². The molecule has 0 saturated carbocycles. The summed E-state index contributed by atoms with van der Waals surface area (Å²) in [7, 11) is 0. The van der Waals surface area contributed by atoms with Gasteiger partial charge >= 0.3 is 0 Å². The normalized spacial score (nSPS) is 12.4. The highest BCUT2D eigenvalue weighted by Gasteiger charge is 2.13. The van der Waals surface area contributed by atoms with Crippen molar-refractivity contribution in [1.29, 1.82) is 0 Å². The van der Waals surface area contributed by atoms with Crippen LogP contribution in [-0.2, 0) is 0 Å². The molecule has 1 atom stereocenters. The molecule has 0 N–H and O–H groups in total. The number of rotatable bonds is 2. The third-order valence-electron chi connectivity index (χ3n) is 2.34. The van der Waals surface area contributed by atoms with Gasteiger partial charge in [0, 0.05) is 3.57 Å². The van der Waals surface area contributed by atoms with Gasteiger partial charge in [-0.2, -0.15) is 0 Å². The maximum atomic E-state index is 12.8. The van der Waals surface area contributed by atoms with Gasteiger partial charge in [0.15, 0.2) is 0 Å². The van der Waals surface area contributed by atoms with E-state index in [1.165, 1.54) is 12.1 Å². The highest BCUT2D eigenvalue weighted by Crippen LogP contribution is 2.31. The lowest BCUT2D eigenvalue weighted by Crippen LogP contribution is -1.95. The van der Waals surface area contributed by atoms with Crippen LogP contribution in [0.5, 0.6) is 0 Å². The summed E-state index contributed by atoms with van der Waals surface area (Å²) in [5, 5.41) is -0.228. The smallest absolute Gasteiger partial charge is 0.123 e. The van der Waals surface area contributed by atoms with E-state index in [-0.39, 0.29) is 11.2 Å². The summed E-state index contributed by atoms with van der Waals surface area (Å²) >= 11 is 8.61. The van der Waals surface area contributed by atoms with Gasteiger partial charge in [-0.1, -0.05) is 30.3 Å². The van der Waals surface area contributed by atoms with E-state index in [9.17, 15) is 4.39 Å².